The molecule has 1 aliphatic rings. The van der Waals surface area contributed by atoms with E-state index < -0.39 is 6.10 Å². The SMILES string of the molecule is O=C(Nc1cnoc1)[C@H]1COc2ccccc2O1. The highest BCUT2D eigenvalue weighted by atomic mass is 16.6. The fourth-order valence-electron chi connectivity index (χ4n) is 1.64. The van der Waals surface area contributed by atoms with Gasteiger partial charge in [0.05, 0.1) is 6.20 Å². The maximum atomic E-state index is 11.9. The summed E-state index contributed by atoms with van der Waals surface area (Å²) in [5.74, 6) is 0.911. The number of carbonyl (C=O) groups is 1. The zero-order chi connectivity index (χ0) is 12.4. The number of hydrogen-bond acceptors (Lipinski definition) is 5. The van der Waals surface area contributed by atoms with Gasteiger partial charge in [-0.1, -0.05) is 17.3 Å². The number of rotatable bonds is 2. The Bertz CT molecular complexity index is 553. The average molecular weight is 246 g/mol. The highest BCUT2D eigenvalue weighted by Gasteiger charge is 2.27. The molecule has 0 bridgehead atoms. The van der Waals surface area contributed by atoms with Gasteiger partial charge in [0.15, 0.2) is 11.5 Å². The molecule has 2 aromatic rings. The molecule has 1 N–H and O–H groups in total. The van der Waals surface area contributed by atoms with Crippen LogP contribution in [0.3, 0.4) is 0 Å². The van der Waals surface area contributed by atoms with Crippen LogP contribution in [0.1, 0.15) is 0 Å². The third-order valence-corrected chi connectivity index (χ3v) is 2.50. The molecule has 1 amide bonds. The Morgan fingerprint density at radius 1 is 1.33 bits per heavy atom. The second-order valence-corrected chi connectivity index (χ2v) is 3.77. The van der Waals surface area contributed by atoms with Gasteiger partial charge in [-0.25, -0.2) is 0 Å². The third kappa shape index (κ3) is 2.00. The lowest BCUT2D eigenvalue weighted by Gasteiger charge is -2.25. The minimum absolute atomic E-state index is 0.175. The summed E-state index contributed by atoms with van der Waals surface area (Å²) in [6, 6.07) is 7.22. The van der Waals surface area contributed by atoms with Gasteiger partial charge in [0.2, 0.25) is 6.10 Å². The summed E-state index contributed by atoms with van der Waals surface area (Å²) in [4.78, 5) is 11.9. The molecule has 18 heavy (non-hydrogen) atoms. The Balaban J connectivity index is 1.70. The number of nitrogens with one attached hydrogen (secondary N) is 1. The molecule has 2 heterocycles. The van der Waals surface area contributed by atoms with Crippen molar-refractivity contribution in [3.05, 3.63) is 36.7 Å². The van der Waals surface area contributed by atoms with Crippen LogP contribution < -0.4 is 14.8 Å². The first-order valence-electron chi connectivity index (χ1n) is 5.41. The minimum Gasteiger partial charge on any atom is -0.485 e. The fraction of sp³-hybridized carbons (Fsp3) is 0.167. The van der Waals surface area contributed by atoms with Crippen molar-refractivity contribution in [2.75, 3.05) is 11.9 Å². The highest BCUT2D eigenvalue weighted by Crippen LogP contribution is 2.31. The van der Waals surface area contributed by atoms with Crippen LogP contribution in [0.5, 0.6) is 11.5 Å². The van der Waals surface area contributed by atoms with Crippen LogP contribution in [0.2, 0.25) is 0 Å². The Hall–Kier alpha value is -2.50. The van der Waals surface area contributed by atoms with E-state index in [-0.39, 0.29) is 12.5 Å². The molecular formula is C12H10N2O4. The monoisotopic (exact) mass is 246 g/mol. The van der Waals surface area contributed by atoms with E-state index in [2.05, 4.69) is 15.0 Å². The lowest BCUT2D eigenvalue weighted by atomic mass is 10.2. The number of aromatic nitrogens is 1. The van der Waals surface area contributed by atoms with E-state index in [0.29, 0.717) is 17.2 Å². The molecule has 6 heteroatoms. The van der Waals surface area contributed by atoms with Crippen LogP contribution in [-0.2, 0) is 4.79 Å². The Morgan fingerprint density at radius 3 is 2.94 bits per heavy atom. The number of anilines is 1. The number of fused-ring (bicyclic) bond motifs is 1. The first-order chi connectivity index (χ1) is 8.83. The fourth-order valence-corrected chi connectivity index (χ4v) is 1.64. The molecular weight excluding hydrogens is 236 g/mol. The molecule has 0 radical (unpaired) electrons. The number of hydrogen-bond donors (Lipinski definition) is 1. The first-order valence-corrected chi connectivity index (χ1v) is 5.41. The first kappa shape index (κ1) is 10.6. The van der Waals surface area contributed by atoms with Gasteiger partial charge >= 0.3 is 0 Å². The molecule has 0 spiro atoms. The lowest BCUT2D eigenvalue weighted by Crippen LogP contribution is -2.40. The molecule has 1 aromatic carbocycles. The molecule has 0 aliphatic carbocycles. The number of nitrogens with zero attached hydrogens (tertiary/aromatic N) is 1. The van der Waals surface area contributed by atoms with E-state index in [9.17, 15) is 4.79 Å². The zero-order valence-electron chi connectivity index (χ0n) is 9.33. The molecule has 0 saturated heterocycles. The molecule has 92 valence electrons. The summed E-state index contributed by atoms with van der Waals surface area (Å²) in [6.07, 6.45) is 2.07. The van der Waals surface area contributed by atoms with Crippen molar-refractivity contribution < 1.29 is 18.8 Å². The Kier molecular flexibility index (Phi) is 2.60. The quantitative estimate of drug-likeness (QED) is 0.868. The van der Waals surface area contributed by atoms with E-state index in [1.165, 1.54) is 12.5 Å². The van der Waals surface area contributed by atoms with E-state index in [0.717, 1.165) is 0 Å². The summed E-state index contributed by atoms with van der Waals surface area (Å²) in [5, 5.41) is 6.12. The second-order valence-electron chi connectivity index (χ2n) is 3.77. The smallest absolute Gasteiger partial charge is 0.269 e. The molecule has 0 saturated carbocycles. The predicted octanol–water partition coefficient (Wildman–Crippen LogP) is 1.45. The molecule has 1 atom stereocenters. The molecule has 1 aromatic heterocycles. The van der Waals surface area contributed by atoms with Gasteiger partial charge in [-0.2, -0.15) is 0 Å². The predicted molar refractivity (Wildman–Crippen MR) is 61.5 cm³/mol. The van der Waals surface area contributed by atoms with Crippen LogP contribution in [0.25, 0.3) is 0 Å². The Morgan fingerprint density at radius 2 is 2.17 bits per heavy atom. The average Bonchev–Trinajstić information content (AvgIpc) is 2.91. The molecule has 3 rings (SSSR count). The van der Waals surface area contributed by atoms with E-state index >= 15 is 0 Å². The zero-order valence-corrected chi connectivity index (χ0v) is 9.33. The summed E-state index contributed by atoms with van der Waals surface area (Å²) < 4.78 is 15.6. The topological polar surface area (TPSA) is 73.6 Å². The lowest BCUT2D eigenvalue weighted by molar-refractivity contribution is -0.125. The van der Waals surface area contributed by atoms with Gasteiger partial charge in [-0.05, 0) is 12.1 Å². The van der Waals surface area contributed by atoms with Crippen molar-refractivity contribution in [2.45, 2.75) is 6.10 Å². The van der Waals surface area contributed by atoms with Gasteiger partial charge < -0.3 is 19.3 Å². The van der Waals surface area contributed by atoms with Gasteiger partial charge in [-0.3, -0.25) is 4.79 Å². The molecule has 0 fully saturated rings. The third-order valence-electron chi connectivity index (χ3n) is 2.50. The molecule has 1 aliphatic heterocycles. The Labute approximate surface area is 102 Å². The van der Waals surface area contributed by atoms with Crippen molar-refractivity contribution in [3.8, 4) is 11.5 Å². The van der Waals surface area contributed by atoms with Crippen LogP contribution in [-0.4, -0.2) is 23.8 Å². The summed E-state index contributed by atoms with van der Waals surface area (Å²) in [6.45, 7) is 0.175. The number of ether oxygens (including phenoxy) is 2. The second kappa shape index (κ2) is 4.40. The highest BCUT2D eigenvalue weighted by molar-refractivity contribution is 5.94. The maximum absolute atomic E-state index is 11.9. The van der Waals surface area contributed by atoms with Crippen molar-refractivity contribution in [1.29, 1.82) is 0 Å². The molecule has 6 nitrogen and oxygen atoms in total. The van der Waals surface area contributed by atoms with E-state index in [1.54, 1.807) is 12.1 Å². The van der Waals surface area contributed by atoms with Crippen LogP contribution in [0.15, 0.2) is 41.2 Å². The van der Waals surface area contributed by atoms with Crippen molar-refractivity contribution >= 4 is 11.6 Å². The van der Waals surface area contributed by atoms with E-state index in [4.69, 9.17) is 9.47 Å². The number of benzene rings is 1. The standard InChI is InChI=1S/C12H10N2O4/c15-12(14-8-5-13-17-6-8)11-7-16-9-3-1-2-4-10(9)18-11/h1-6,11H,7H2,(H,14,15)/t11-/m1/s1. The van der Waals surface area contributed by atoms with Crippen molar-refractivity contribution in [2.24, 2.45) is 0 Å². The van der Waals surface area contributed by atoms with Crippen LogP contribution in [0.4, 0.5) is 5.69 Å². The normalized spacial score (nSPS) is 17.2. The van der Waals surface area contributed by atoms with E-state index in [1.807, 2.05) is 12.1 Å². The van der Waals surface area contributed by atoms with Gasteiger partial charge in [-0.15, -0.1) is 0 Å². The minimum atomic E-state index is -0.685. The van der Waals surface area contributed by atoms with Gasteiger partial charge in [0.25, 0.3) is 5.91 Å². The largest absolute Gasteiger partial charge is 0.485 e. The number of para-hydroxylation sites is 2. The van der Waals surface area contributed by atoms with Crippen molar-refractivity contribution in [3.63, 3.8) is 0 Å². The molecule has 0 unspecified atom stereocenters. The van der Waals surface area contributed by atoms with Crippen molar-refractivity contribution in [1.82, 2.24) is 5.16 Å². The van der Waals surface area contributed by atoms with Crippen LogP contribution in [0, 0.1) is 0 Å². The van der Waals surface area contributed by atoms with Gasteiger partial charge in [0.1, 0.15) is 18.6 Å². The number of carbonyl (C=O) groups excluding carboxylic acids is 1. The number of amides is 1. The van der Waals surface area contributed by atoms with Crippen LogP contribution >= 0.6 is 0 Å². The maximum Gasteiger partial charge on any atom is 0.269 e. The summed E-state index contributed by atoms with van der Waals surface area (Å²) in [7, 11) is 0. The summed E-state index contributed by atoms with van der Waals surface area (Å²) in [5.41, 5.74) is 0.488. The summed E-state index contributed by atoms with van der Waals surface area (Å²) >= 11 is 0. The van der Waals surface area contributed by atoms with Gasteiger partial charge in [0, 0.05) is 0 Å².